The summed E-state index contributed by atoms with van der Waals surface area (Å²) in [6, 6.07) is 11.7. The van der Waals surface area contributed by atoms with Gasteiger partial charge in [-0.15, -0.1) is 0 Å². The number of benzene rings is 2. The fourth-order valence-corrected chi connectivity index (χ4v) is 1.76. The van der Waals surface area contributed by atoms with Gasteiger partial charge in [0.2, 0.25) is 0 Å². The highest BCUT2D eigenvalue weighted by Crippen LogP contribution is 2.18. The summed E-state index contributed by atoms with van der Waals surface area (Å²) in [5, 5.41) is 12.1. The third kappa shape index (κ3) is 3.20. The van der Waals surface area contributed by atoms with Crippen molar-refractivity contribution < 1.29 is 14.6 Å². The Morgan fingerprint density at radius 2 is 1.95 bits per heavy atom. The third-order valence-electron chi connectivity index (χ3n) is 2.89. The molecule has 0 fully saturated rings. The lowest BCUT2D eigenvalue weighted by molar-refractivity contribution is 0.0951. The molecule has 0 heterocycles. The van der Waals surface area contributed by atoms with E-state index in [1.54, 1.807) is 7.11 Å². The van der Waals surface area contributed by atoms with E-state index < -0.39 is 0 Å². The summed E-state index contributed by atoms with van der Waals surface area (Å²) in [5.41, 5.74) is 7.24. The topological polar surface area (TPSA) is 84.6 Å². The van der Waals surface area contributed by atoms with Gasteiger partial charge in [-0.2, -0.15) is 0 Å². The van der Waals surface area contributed by atoms with Crippen LogP contribution in [0.5, 0.6) is 11.5 Å². The van der Waals surface area contributed by atoms with E-state index in [2.05, 4.69) is 5.32 Å². The number of amides is 1. The molecule has 0 saturated carbocycles. The SMILES string of the molecule is COc1ccc(CNC(=O)c2cc(O)ccc2N)cc1. The number of phenols is 1. The first kappa shape index (κ1) is 13.7. The molecule has 20 heavy (non-hydrogen) atoms. The van der Waals surface area contributed by atoms with Crippen molar-refractivity contribution in [3.05, 3.63) is 53.6 Å². The minimum atomic E-state index is -0.325. The Balaban J connectivity index is 2.02. The zero-order valence-corrected chi connectivity index (χ0v) is 11.1. The number of hydrogen-bond acceptors (Lipinski definition) is 4. The van der Waals surface area contributed by atoms with Crippen molar-refractivity contribution in [2.45, 2.75) is 6.54 Å². The zero-order chi connectivity index (χ0) is 14.5. The van der Waals surface area contributed by atoms with Gasteiger partial charge in [0, 0.05) is 12.2 Å². The lowest BCUT2D eigenvalue weighted by Crippen LogP contribution is -2.23. The molecule has 0 aliphatic rings. The van der Waals surface area contributed by atoms with Gasteiger partial charge in [-0.25, -0.2) is 0 Å². The van der Waals surface area contributed by atoms with Crippen LogP contribution in [0.4, 0.5) is 5.69 Å². The van der Waals surface area contributed by atoms with Crippen molar-refractivity contribution in [3.8, 4) is 11.5 Å². The molecule has 0 aliphatic carbocycles. The summed E-state index contributed by atoms with van der Waals surface area (Å²) in [7, 11) is 1.60. The van der Waals surface area contributed by atoms with Crippen molar-refractivity contribution in [1.82, 2.24) is 5.32 Å². The molecule has 0 saturated heterocycles. The van der Waals surface area contributed by atoms with Crippen LogP contribution in [0.2, 0.25) is 0 Å². The summed E-state index contributed by atoms with van der Waals surface area (Å²) < 4.78 is 5.06. The molecule has 2 aromatic carbocycles. The molecule has 5 heteroatoms. The van der Waals surface area contributed by atoms with Crippen molar-refractivity contribution in [1.29, 1.82) is 0 Å². The van der Waals surface area contributed by atoms with E-state index in [4.69, 9.17) is 10.5 Å². The highest BCUT2D eigenvalue weighted by atomic mass is 16.5. The lowest BCUT2D eigenvalue weighted by Gasteiger charge is -2.08. The average Bonchev–Trinajstić information content (AvgIpc) is 2.47. The van der Waals surface area contributed by atoms with E-state index >= 15 is 0 Å². The predicted octanol–water partition coefficient (Wildman–Crippen LogP) is 1.91. The van der Waals surface area contributed by atoms with Crippen LogP contribution in [0.25, 0.3) is 0 Å². The minimum absolute atomic E-state index is 0.00815. The Labute approximate surface area is 117 Å². The molecular weight excluding hydrogens is 256 g/mol. The number of ether oxygens (including phenoxy) is 1. The second kappa shape index (κ2) is 5.97. The number of nitrogens with two attached hydrogens (primary N) is 1. The van der Waals surface area contributed by atoms with E-state index in [1.165, 1.54) is 18.2 Å². The Bertz CT molecular complexity index is 609. The Morgan fingerprint density at radius 3 is 2.60 bits per heavy atom. The Kier molecular flexibility index (Phi) is 4.10. The Hall–Kier alpha value is -2.69. The maximum absolute atomic E-state index is 12.0. The first-order valence-corrected chi connectivity index (χ1v) is 6.10. The molecule has 104 valence electrons. The van der Waals surface area contributed by atoms with Crippen LogP contribution in [-0.4, -0.2) is 18.1 Å². The number of phenolic OH excluding ortho intramolecular Hbond substituents is 1. The Morgan fingerprint density at radius 1 is 1.25 bits per heavy atom. The van der Waals surface area contributed by atoms with Gasteiger partial charge in [-0.05, 0) is 35.9 Å². The molecule has 1 amide bonds. The van der Waals surface area contributed by atoms with E-state index in [1.807, 2.05) is 24.3 Å². The molecule has 0 unspecified atom stereocenters. The zero-order valence-electron chi connectivity index (χ0n) is 11.1. The summed E-state index contributed by atoms with van der Waals surface area (Å²) in [4.78, 5) is 12.0. The second-order valence-corrected chi connectivity index (χ2v) is 4.30. The van der Waals surface area contributed by atoms with Crippen molar-refractivity contribution in [2.75, 3.05) is 12.8 Å². The van der Waals surface area contributed by atoms with Crippen LogP contribution in [0.1, 0.15) is 15.9 Å². The number of methoxy groups -OCH3 is 1. The molecule has 0 bridgehead atoms. The molecule has 2 rings (SSSR count). The number of carbonyl (C=O) groups excluding carboxylic acids is 1. The fourth-order valence-electron chi connectivity index (χ4n) is 1.76. The van der Waals surface area contributed by atoms with Crippen LogP contribution in [0, 0.1) is 0 Å². The van der Waals surface area contributed by atoms with Crippen molar-refractivity contribution >= 4 is 11.6 Å². The van der Waals surface area contributed by atoms with Gasteiger partial charge >= 0.3 is 0 Å². The van der Waals surface area contributed by atoms with Gasteiger partial charge in [0.1, 0.15) is 11.5 Å². The predicted molar refractivity (Wildman–Crippen MR) is 76.7 cm³/mol. The van der Waals surface area contributed by atoms with Gasteiger partial charge in [0.05, 0.1) is 12.7 Å². The highest BCUT2D eigenvalue weighted by Gasteiger charge is 2.10. The van der Waals surface area contributed by atoms with Crippen LogP contribution in [0.3, 0.4) is 0 Å². The van der Waals surface area contributed by atoms with Crippen molar-refractivity contribution in [3.63, 3.8) is 0 Å². The normalized spacial score (nSPS) is 10.1. The number of nitrogens with one attached hydrogen (secondary N) is 1. The molecule has 0 aromatic heterocycles. The molecule has 0 radical (unpaired) electrons. The molecular formula is C15H16N2O3. The standard InChI is InChI=1S/C15H16N2O3/c1-20-12-5-2-10(3-6-12)9-17-15(19)13-8-11(18)4-7-14(13)16/h2-8,18H,9,16H2,1H3,(H,17,19). The number of nitrogen functional groups attached to an aromatic ring is 1. The molecule has 0 atom stereocenters. The fraction of sp³-hybridized carbons (Fsp3) is 0.133. The summed E-state index contributed by atoms with van der Waals surface area (Å²) in [6.45, 7) is 0.373. The second-order valence-electron chi connectivity index (χ2n) is 4.30. The third-order valence-corrected chi connectivity index (χ3v) is 2.89. The van der Waals surface area contributed by atoms with Crippen molar-refractivity contribution in [2.24, 2.45) is 0 Å². The first-order chi connectivity index (χ1) is 9.60. The van der Waals surface area contributed by atoms with E-state index in [-0.39, 0.29) is 17.2 Å². The largest absolute Gasteiger partial charge is 0.508 e. The number of hydrogen-bond donors (Lipinski definition) is 3. The average molecular weight is 272 g/mol. The quantitative estimate of drug-likeness (QED) is 0.586. The van der Waals surface area contributed by atoms with Crippen LogP contribution < -0.4 is 15.8 Å². The molecule has 0 aliphatic heterocycles. The molecule has 5 nitrogen and oxygen atoms in total. The molecule has 2 aromatic rings. The van der Waals surface area contributed by atoms with Gasteiger partial charge in [0.25, 0.3) is 5.91 Å². The number of aromatic hydroxyl groups is 1. The van der Waals surface area contributed by atoms with Crippen LogP contribution >= 0.6 is 0 Å². The number of rotatable bonds is 4. The molecule has 0 spiro atoms. The number of carbonyl (C=O) groups is 1. The van der Waals surface area contributed by atoms with Crippen LogP contribution in [0.15, 0.2) is 42.5 Å². The summed E-state index contributed by atoms with van der Waals surface area (Å²) in [5.74, 6) is 0.445. The first-order valence-electron chi connectivity index (χ1n) is 6.10. The van der Waals surface area contributed by atoms with Gasteiger partial charge in [-0.1, -0.05) is 12.1 Å². The highest BCUT2D eigenvalue weighted by molar-refractivity contribution is 5.99. The smallest absolute Gasteiger partial charge is 0.253 e. The lowest BCUT2D eigenvalue weighted by atomic mass is 10.1. The van der Waals surface area contributed by atoms with Gasteiger partial charge < -0.3 is 20.9 Å². The number of anilines is 1. The van der Waals surface area contributed by atoms with Crippen LogP contribution in [-0.2, 0) is 6.54 Å². The monoisotopic (exact) mass is 272 g/mol. The van der Waals surface area contributed by atoms with E-state index in [0.29, 0.717) is 12.2 Å². The van der Waals surface area contributed by atoms with Gasteiger partial charge in [-0.3, -0.25) is 4.79 Å². The molecule has 4 N–H and O–H groups in total. The summed E-state index contributed by atoms with van der Waals surface area (Å²) >= 11 is 0. The summed E-state index contributed by atoms with van der Waals surface area (Å²) in [6.07, 6.45) is 0. The van der Waals surface area contributed by atoms with E-state index in [9.17, 15) is 9.90 Å². The van der Waals surface area contributed by atoms with Gasteiger partial charge in [0.15, 0.2) is 0 Å². The maximum Gasteiger partial charge on any atom is 0.253 e. The van der Waals surface area contributed by atoms with E-state index in [0.717, 1.165) is 11.3 Å². The maximum atomic E-state index is 12.0. The minimum Gasteiger partial charge on any atom is -0.508 e.